The SMILES string of the molecule is C=C1CCCN(C(C)C(C=O)CC(C)=N/C(=C\C)c2ccc3c(c2)c(CC(C)(C)COC=O)c(-c2cccnc2C(C)OC)n3CC)N1.C=CC(=C)N1CC2(CCN2C(=C)C)C1.CC.CC(C)C(C)C(N)=O.CN. The number of aromatic nitrogens is 2. The Bertz CT molecular complexity index is 2410. The summed E-state index contributed by atoms with van der Waals surface area (Å²) in [6.45, 7) is 48.0. The van der Waals surface area contributed by atoms with Crippen molar-refractivity contribution in [3.05, 3.63) is 109 Å². The van der Waals surface area contributed by atoms with Crippen LogP contribution in [0.2, 0.25) is 0 Å². The van der Waals surface area contributed by atoms with Gasteiger partial charge in [0.15, 0.2) is 0 Å². The van der Waals surface area contributed by atoms with Crippen molar-refractivity contribution >= 4 is 41.0 Å². The van der Waals surface area contributed by atoms with E-state index in [0.717, 1.165) is 107 Å². The van der Waals surface area contributed by atoms with Gasteiger partial charge in [-0.15, -0.1) is 0 Å². The molecule has 3 aromatic rings. The molecule has 0 radical (unpaired) electrons. The van der Waals surface area contributed by atoms with Gasteiger partial charge in [-0.3, -0.25) is 19.6 Å². The second-order valence-electron chi connectivity index (χ2n) is 20.5. The third-order valence-corrected chi connectivity index (χ3v) is 14.3. The molecule has 14 nitrogen and oxygen atoms in total. The minimum absolute atomic E-state index is 0.00892. The van der Waals surface area contributed by atoms with Gasteiger partial charge in [-0.25, -0.2) is 5.01 Å². The minimum Gasteiger partial charge on any atom is -0.467 e. The van der Waals surface area contributed by atoms with Crippen molar-refractivity contribution in [1.29, 1.82) is 0 Å². The predicted octanol–water partition coefficient (Wildman–Crippen LogP) is 11.0. The Balaban J connectivity index is 0.000000586. The van der Waals surface area contributed by atoms with Gasteiger partial charge in [-0.1, -0.05) is 86.9 Å². The van der Waals surface area contributed by atoms with Crippen molar-refractivity contribution in [3.63, 3.8) is 0 Å². The minimum atomic E-state index is -0.331. The number of allylic oxidation sites excluding steroid dienone is 4. The van der Waals surface area contributed by atoms with Crippen LogP contribution in [0, 0.1) is 23.2 Å². The molecule has 1 aromatic carbocycles. The molecule has 4 unspecified atom stereocenters. The summed E-state index contributed by atoms with van der Waals surface area (Å²) in [6.07, 6.45) is 11.0. The van der Waals surface area contributed by atoms with Gasteiger partial charge in [-0.2, -0.15) is 0 Å². The highest BCUT2D eigenvalue weighted by Gasteiger charge is 2.53. The lowest BCUT2D eigenvalue weighted by Crippen LogP contribution is -2.75. The third kappa shape index (κ3) is 16.6. The van der Waals surface area contributed by atoms with Crippen molar-refractivity contribution < 1.29 is 23.9 Å². The second kappa shape index (κ2) is 30.5. The lowest BCUT2D eigenvalue weighted by atomic mass is 9.77. The number of aliphatic imine (C=N–C) groups is 1. The number of hydrogen-bond donors (Lipinski definition) is 3. The molecular weight excluding hydrogens is 927 g/mol. The van der Waals surface area contributed by atoms with Crippen LogP contribution in [0.4, 0.5) is 0 Å². The second-order valence-corrected chi connectivity index (χ2v) is 20.5. The van der Waals surface area contributed by atoms with E-state index in [-0.39, 0.29) is 35.3 Å². The Kier molecular flexibility index (Phi) is 26.5. The van der Waals surface area contributed by atoms with Crippen LogP contribution in [0.1, 0.15) is 139 Å². The quantitative estimate of drug-likeness (QED) is 0.0526. The van der Waals surface area contributed by atoms with E-state index in [0.29, 0.717) is 37.4 Å². The fourth-order valence-corrected chi connectivity index (χ4v) is 9.57. The summed E-state index contributed by atoms with van der Waals surface area (Å²) < 4.78 is 13.4. The summed E-state index contributed by atoms with van der Waals surface area (Å²) in [6, 6.07) is 10.6. The van der Waals surface area contributed by atoms with Gasteiger partial charge in [0, 0.05) is 114 Å². The number of primary amides is 1. The molecule has 3 saturated heterocycles. The third-order valence-electron chi connectivity index (χ3n) is 14.3. The summed E-state index contributed by atoms with van der Waals surface area (Å²) in [5.41, 5.74) is 24.1. The van der Waals surface area contributed by atoms with E-state index in [1.807, 2.05) is 73.6 Å². The molecule has 5 N–H and O–H groups in total. The number of nitrogens with zero attached hydrogens (tertiary/aromatic N) is 6. The van der Waals surface area contributed by atoms with Crippen molar-refractivity contribution in [2.24, 2.45) is 39.6 Å². The molecule has 14 heteroatoms. The number of benzene rings is 1. The summed E-state index contributed by atoms with van der Waals surface area (Å²) in [5, 5.41) is 3.24. The van der Waals surface area contributed by atoms with Crippen LogP contribution in [0.25, 0.3) is 27.9 Å². The van der Waals surface area contributed by atoms with E-state index in [1.54, 1.807) is 13.3 Å². The standard InChI is InChI=1S/C39H53N5O4.C12H18N2.C6H13NO.C2H6.CH5N/c1-10-35(41-27(4)20-31(23-45)28(5)44-19-13-14-26(3)42-44)30-16-17-36-33(21-30)34(22-39(7,8)24-48-25-46)38(43(36)11-2)32-15-12-18-40-37(32)29(6)47-9;1-5-11(4)13-8-12(9-13)6-7-14(12)10(2)3;1-4(2)5(3)6(7)8;2*1-2/h10,12,15-18,21,23,25,28-29,31,42H,3,11,13-14,19-20,22,24H2,1-2,4-9H3;5H,1-2,4,6-9H2,3H3;4-5H,1-3H3,(H2,7,8);1-2H3;2H2,1H3/b35-10-,41-27?;;;;. The molecule has 3 aliphatic heterocycles. The summed E-state index contributed by atoms with van der Waals surface area (Å²) in [7, 11) is 3.20. The molecule has 0 bridgehead atoms. The first-order valence-electron chi connectivity index (χ1n) is 26.5. The highest BCUT2D eigenvalue weighted by molar-refractivity contribution is 5.96. The number of hydrogen-bond acceptors (Lipinski definition) is 12. The topological polar surface area (TPSA) is 174 Å². The van der Waals surface area contributed by atoms with Crippen molar-refractivity contribution in [2.45, 2.75) is 146 Å². The molecular formula is C60H95N9O5. The van der Waals surface area contributed by atoms with Crippen molar-refractivity contribution in [1.82, 2.24) is 29.8 Å². The molecule has 1 amide bonds. The Hall–Kier alpha value is -5.83. The molecule has 410 valence electrons. The van der Waals surface area contributed by atoms with Gasteiger partial charge in [0.1, 0.15) is 6.29 Å². The Morgan fingerprint density at radius 3 is 2.20 bits per heavy atom. The maximum absolute atomic E-state index is 12.3. The average molecular weight is 1020 g/mol. The largest absolute Gasteiger partial charge is 0.467 e. The number of carbonyl (C=O) groups excluding carboxylic acids is 3. The van der Waals surface area contributed by atoms with Gasteiger partial charge >= 0.3 is 0 Å². The number of hydrazine groups is 1. The maximum atomic E-state index is 12.3. The van der Waals surface area contributed by atoms with E-state index in [1.165, 1.54) is 25.7 Å². The first-order chi connectivity index (χ1) is 35.1. The molecule has 0 aliphatic carbocycles. The molecule has 0 saturated carbocycles. The smallest absolute Gasteiger partial charge is 0.293 e. The molecule has 2 aromatic heterocycles. The molecule has 5 heterocycles. The lowest BCUT2D eigenvalue weighted by molar-refractivity contribution is -0.131. The van der Waals surface area contributed by atoms with E-state index < -0.39 is 0 Å². The zero-order valence-corrected chi connectivity index (χ0v) is 48.1. The highest BCUT2D eigenvalue weighted by atomic mass is 16.5. The van der Waals surface area contributed by atoms with E-state index in [4.69, 9.17) is 25.2 Å². The summed E-state index contributed by atoms with van der Waals surface area (Å²) in [5.74, 6) is -0.0398. The summed E-state index contributed by atoms with van der Waals surface area (Å²) in [4.78, 5) is 48.3. The van der Waals surface area contributed by atoms with Crippen LogP contribution in [0.15, 0.2) is 97.1 Å². The van der Waals surface area contributed by atoms with Crippen molar-refractivity contribution in [3.8, 4) is 11.3 Å². The van der Waals surface area contributed by atoms with Crippen LogP contribution in [0.5, 0.6) is 0 Å². The van der Waals surface area contributed by atoms with E-state index in [2.05, 4.69) is 116 Å². The predicted molar refractivity (Wildman–Crippen MR) is 309 cm³/mol. The van der Waals surface area contributed by atoms with Crippen LogP contribution < -0.4 is 16.9 Å². The average Bonchev–Trinajstić information content (AvgIpc) is 3.67. The monoisotopic (exact) mass is 1020 g/mol. The number of aryl methyl sites for hydroxylation is 1. The number of amides is 1. The van der Waals surface area contributed by atoms with Crippen LogP contribution in [0.3, 0.4) is 0 Å². The maximum Gasteiger partial charge on any atom is 0.293 e. The van der Waals surface area contributed by atoms with Gasteiger partial charge in [0.05, 0.1) is 35.3 Å². The summed E-state index contributed by atoms with van der Waals surface area (Å²) >= 11 is 0. The zero-order valence-electron chi connectivity index (χ0n) is 48.1. The number of likely N-dealkylation sites (tertiary alicyclic amines) is 2. The van der Waals surface area contributed by atoms with Crippen LogP contribution in [-0.4, -0.2) is 107 Å². The fourth-order valence-electron chi connectivity index (χ4n) is 9.57. The van der Waals surface area contributed by atoms with Gasteiger partial charge in [0.2, 0.25) is 5.91 Å². The number of rotatable bonds is 21. The number of nitrogens with one attached hydrogen (secondary N) is 1. The first-order valence-corrected chi connectivity index (χ1v) is 26.5. The molecule has 3 fully saturated rings. The normalized spacial score (nSPS) is 16.9. The van der Waals surface area contributed by atoms with Crippen LogP contribution in [-0.2, 0) is 36.8 Å². The first kappa shape index (κ1) is 64.3. The Morgan fingerprint density at radius 1 is 1.05 bits per heavy atom. The number of nitrogens with two attached hydrogens (primary N) is 2. The number of fused-ring (bicyclic) bond motifs is 1. The molecule has 6 rings (SSSR count). The highest BCUT2D eigenvalue weighted by Crippen LogP contribution is 2.43. The van der Waals surface area contributed by atoms with E-state index >= 15 is 0 Å². The lowest BCUT2D eigenvalue weighted by Gasteiger charge is -2.64. The van der Waals surface area contributed by atoms with Crippen LogP contribution >= 0.6 is 0 Å². The number of methoxy groups -OCH3 is 1. The molecule has 1 spiro atoms. The number of carbonyl (C=O) groups is 3. The Labute approximate surface area is 446 Å². The molecule has 74 heavy (non-hydrogen) atoms. The van der Waals surface area contributed by atoms with Gasteiger partial charge in [-0.05, 0) is 123 Å². The zero-order chi connectivity index (χ0) is 56.1. The number of aldehydes is 1. The van der Waals surface area contributed by atoms with Crippen molar-refractivity contribution in [2.75, 3.05) is 46.9 Å². The number of ether oxygens (including phenoxy) is 2. The molecule has 4 atom stereocenters. The Morgan fingerprint density at radius 2 is 1.72 bits per heavy atom. The van der Waals surface area contributed by atoms with Gasteiger partial charge < -0.3 is 45.5 Å². The fraction of sp³-hybridized carbons (Fsp3) is 0.550. The number of pyridine rings is 1. The van der Waals surface area contributed by atoms with Gasteiger partial charge in [0.25, 0.3) is 6.47 Å². The molecule has 3 aliphatic rings. The van der Waals surface area contributed by atoms with E-state index in [9.17, 15) is 14.4 Å².